The van der Waals surface area contributed by atoms with Crippen molar-refractivity contribution in [2.45, 2.75) is 6.54 Å². The molecule has 0 saturated heterocycles. The van der Waals surface area contributed by atoms with Crippen molar-refractivity contribution in [1.82, 2.24) is 10.2 Å². The first kappa shape index (κ1) is 14.1. The third kappa shape index (κ3) is 3.18. The van der Waals surface area contributed by atoms with Crippen molar-refractivity contribution < 1.29 is 0 Å². The predicted molar refractivity (Wildman–Crippen MR) is 91.1 cm³/mol. The fourth-order valence-electron chi connectivity index (χ4n) is 2.25. The molecule has 0 spiro atoms. The third-order valence-electron chi connectivity index (χ3n) is 3.32. The third-order valence-corrected chi connectivity index (χ3v) is 3.32. The average Bonchev–Trinajstić information content (AvgIpc) is 2.82. The average molecular weight is 367 g/mol. The molecule has 4 heteroatoms. The van der Waals surface area contributed by atoms with Gasteiger partial charge in [0.05, 0.1) is 6.54 Å². The van der Waals surface area contributed by atoms with Gasteiger partial charge < -0.3 is 10.2 Å². The van der Waals surface area contributed by atoms with Gasteiger partial charge in [-0.05, 0) is 22.4 Å². The minimum absolute atomic E-state index is 0. The van der Waals surface area contributed by atoms with E-state index in [0.29, 0.717) is 0 Å². The summed E-state index contributed by atoms with van der Waals surface area (Å²) < 4.78 is 0. The van der Waals surface area contributed by atoms with Gasteiger partial charge in [0.15, 0.2) is 5.96 Å². The maximum atomic E-state index is 4.43. The molecule has 1 heterocycles. The molecule has 19 heavy (non-hydrogen) atoms. The van der Waals surface area contributed by atoms with Crippen LogP contribution in [0.5, 0.6) is 0 Å². The van der Waals surface area contributed by atoms with Gasteiger partial charge in [0, 0.05) is 20.1 Å². The Balaban J connectivity index is 0.00000133. The molecule has 0 aromatic heterocycles. The van der Waals surface area contributed by atoms with Crippen LogP contribution in [0.2, 0.25) is 0 Å². The van der Waals surface area contributed by atoms with Crippen LogP contribution in [0, 0.1) is 0 Å². The number of halogens is 1. The van der Waals surface area contributed by atoms with Crippen molar-refractivity contribution >= 4 is 40.7 Å². The van der Waals surface area contributed by atoms with Crippen molar-refractivity contribution in [1.29, 1.82) is 0 Å². The molecule has 0 atom stereocenters. The number of nitrogens with one attached hydrogen (secondary N) is 1. The molecule has 1 aliphatic heterocycles. The van der Waals surface area contributed by atoms with Crippen molar-refractivity contribution in [3.8, 4) is 0 Å². The van der Waals surface area contributed by atoms with E-state index in [1.54, 1.807) is 0 Å². The number of rotatable bonds is 2. The van der Waals surface area contributed by atoms with Gasteiger partial charge >= 0.3 is 0 Å². The zero-order valence-corrected chi connectivity index (χ0v) is 13.3. The molecule has 1 aliphatic rings. The highest BCUT2D eigenvalue weighted by molar-refractivity contribution is 14.0. The van der Waals surface area contributed by atoms with E-state index in [1.807, 2.05) is 0 Å². The van der Waals surface area contributed by atoms with Crippen LogP contribution in [-0.4, -0.2) is 31.0 Å². The van der Waals surface area contributed by atoms with Gasteiger partial charge in [-0.1, -0.05) is 36.4 Å². The zero-order chi connectivity index (χ0) is 12.4. The van der Waals surface area contributed by atoms with Crippen LogP contribution in [0.4, 0.5) is 0 Å². The molecule has 3 rings (SSSR count). The Kier molecular flexibility index (Phi) is 4.63. The van der Waals surface area contributed by atoms with Crippen LogP contribution in [-0.2, 0) is 6.54 Å². The molecule has 0 radical (unpaired) electrons. The lowest BCUT2D eigenvalue weighted by Crippen LogP contribution is -2.35. The van der Waals surface area contributed by atoms with E-state index in [1.165, 1.54) is 16.3 Å². The van der Waals surface area contributed by atoms with Crippen LogP contribution in [0.15, 0.2) is 47.5 Å². The number of benzene rings is 2. The maximum Gasteiger partial charge on any atom is 0.194 e. The van der Waals surface area contributed by atoms with Gasteiger partial charge in [-0.25, -0.2) is 0 Å². The van der Waals surface area contributed by atoms with Crippen molar-refractivity contribution in [3.05, 3.63) is 48.0 Å². The van der Waals surface area contributed by atoms with Crippen LogP contribution in [0.25, 0.3) is 10.8 Å². The van der Waals surface area contributed by atoms with E-state index in [2.05, 4.69) is 64.7 Å². The highest BCUT2D eigenvalue weighted by atomic mass is 127. The van der Waals surface area contributed by atoms with E-state index < -0.39 is 0 Å². The first-order valence-corrected chi connectivity index (χ1v) is 6.30. The van der Waals surface area contributed by atoms with Gasteiger partial charge in [0.25, 0.3) is 0 Å². The minimum Gasteiger partial charge on any atom is -0.352 e. The fourth-order valence-corrected chi connectivity index (χ4v) is 2.25. The minimum atomic E-state index is 0. The molecular formula is C15H18IN3. The second-order valence-corrected chi connectivity index (χ2v) is 4.66. The Morgan fingerprint density at radius 3 is 2.68 bits per heavy atom. The maximum absolute atomic E-state index is 4.43. The molecule has 2 aromatic carbocycles. The van der Waals surface area contributed by atoms with Gasteiger partial charge in [-0.3, -0.25) is 4.99 Å². The van der Waals surface area contributed by atoms with Crippen molar-refractivity contribution in [3.63, 3.8) is 0 Å². The van der Waals surface area contributed by atoms with Crippen LogP contribution in [0.3, 0.4) is 0 Å². The largest absolute Gasteiger partial charge is 0.352 e. The summed E-state index contributed by atoms with van der Waals surface area (Å²) in [4.78, 5) is 6.58. The number of aliphatic imine (C=N–C) groups is 1. The number of hydrogen-bond donors (Lipinski definition) is 1. The Bertz CT molecular complexity index is 595. The number of guanidine groups is 1. The van der Waals surface area contributed by atoms with E-state index in [-0.39, 0.29) is 24.0 Å². The molecule has 1 N–H and O–H groups in total. The van der Waals surface area contributed by atoms with Crippen molar-refractivity contribution in [2.75, 3.05) is 20.1 Å². The summed E-state index contributed by atoms with van der Waals surface area (Å²) in [5.41, 5.74) is 1.29. The first-order valence-electron chi connectivity index (χ1n) is 6.30. The highest BCUT2D eigenvalue weighted by Crippen LogP contribution is 2.15. The first-order chi connectivity index (χ1) is 8.83. The number of fused-ring (bicyclic) bond motifs is 1. The fraction of sp³-hybridized carbons (Fsp3) is 0.267. The molecule has 3 nitrogen and oxygen atoms in total. The van der Waals surface area contributed by atoms with Crippen LogP contribution in [0.1, 0.15) is 5.56 Å². The topological polar surface area (TPSA) is 27.6 Å². The smallest absolute Gasteiger partial charge is 0.194 e. The summed E-state index contributed by atoms with van der Waals surface area (Å²) in [7, 11) is 2.07. The van der Waals surface area contributed by atoms with Gasteiger partial charge in [0.1, 0.15) is 0 Å². The molecule has 0 saturated carbocycles. The molecule has 0 amide bonds. The van der Waals surface area contributed by atoms with Gasteiger partial charge in [-0.2, -0.15) is 0 Å². The molecule has 100 valence electrons. The second-order valence-electron chi connectivity index (χ2n) is 4.66. The Hall–Kier alpha value is -1.30. The summed E-state index contributed by atoms with van der Waals surface area (Å²) in [6.45, 7) is 2.74. The number of nitrogens with zero attached hydrogens (tertiary/aromatic N) is 2. The molecule has 0 aliphatic carbocycles. The van der Waals surface area contributed by atoms with E-state index in [9.17, 15) is 0 Å². The molecule has 2 aromatic rings. The second kappa shape index (κ2) is 6.23. The molecular weight excluding hydrogens is 349 g/mol. The standard InChI is InChI=1S/C15H17N3.HI/c1-18-9-8-16-15(18)17-11-12-6-7-13-4-2-3-5-14(13)10-12;/h2-7,10H,8-9,11H2,1H3,(H,16,17);1H. The number of likely N-dealkylation sites (N-methyl/N-ethyl adjacent to an activating group) is 1. The lowest BCUT2D eigenvalue weighted by Gasteiger charge is -2.15. The lowest BCUT2D eigenvalue weighted by atomic mass is 10.1. The highest BCUT2D eigenvalue weighted by Gasteiger charge is 2.11. The number of hydrogen-bond acceptors (Lipinski definition) is 3. The lowest BCUT2D eigenvalue weighted by molar-refractivity contribution is 0.534. The summed E-state index contributed by atoms with van der Waals surface area (Å²) in [6.07, 6.45) is 0. The van der Waals surface area contributed by atoms with Crippen LogP contribution >= 0.6 is 24.0 Å². The van der Waals surface area contributed by atoms with Crippen molar-refractivity contribution in [2.24, 2.45) is 4.99 Å². The Labute approximate surface area is 130 Å². The van der Waals surface area contributed by atoms with Crippen LogP contribution < -0.4 is 5.32 Å². The molecule has 0 bridgehead atoms. The summed E-state index contributed by atoms with van der Waals surface area (Å²) >= 11 is 0. The van der Waals surface area contributed by atoms with Gasteiger partial charge in [-0.15, -0.1) is 24.0 Å². The molecule has 0 unspecified atom stereocenters. The normalized spacial score (nSPS) is 14.2. The zero-order valence-electron chi connectivity index (χ0n) is 11.0. The van der Waals surface area contributed by atoms with E-state index in [0.717, 1.165) is 25.6 Å². The molecule has 0 fully saturated rings. The Morgan fingerprint density at radius 2 is 1.95 bits per heavy atom. The van der Waals surface area contributed by atoms with E-state index >= 15 is 0 Å². The van der Waals surface area contributed by atoms with E-state index in [4.69, 9.17) is 0 Å². The Morgan fingerprint density at radius 1 is 1.16 bits per heavy atom. The van der Waals surface area contributed by atoms with Gasteiger partial charge in [0.2, 0.25) is 0 Å². The SMILES string of the molecule is CN1CCN=C1NCc1ccc2ccccc2c1.I. The quantitative estimate of drug-likeness (QED) is 0.827. The summed E-state index contributed by atoms with van der Waals surface area (Å²) in [5.74, 6) is 1.00. The predicted octanol–water partition coefficient (Wildman–Crippen LogP) is 2.85. The monoisotopic (exact) mass is 367 g/mol. The summed E-state index contributed by atoms with van der Waals surface area (Å²) in [6, 6.07) is 15.0. The summed E-state index contributed by atoms with van der Waals surface area (Å²) in [5, 5.41) is 5.97.